The van der Waals surface area contributed by atoms with Crippen LogP contribution in [0.1, 0.15) is 30.1 Å². The molecule has 0 radical (unpaired) electrons. The van der Waals surface area contributed by atoms with Crippen LogP contribution in [0.4, 0.5) is 5.69 Å². The number of hydrogen-bond acceptors (Lipinski definition) is 5. The van der Waals surface area contributed by atoms with Crippen LogP contribution < -0.4 is 14.4 Å². The van der Waals surface area contributed by atoms with Gasteiger partial charge in [-0.1, -0.05) is 12.1 Å². The van der Waals surface area contributed by atoms with E-state index in [0.717, 1.165) is 36.6 Å². The molecule has 5 nitrogen and oxygen atoms in total. The molecular formula is C18H17N3O2. The van der Waals surface area contributed by atoms with E-state index in [-0.39, 0.29) is 6.04 Å². The SMILES string of the molecule is N#Cc1ccc(N2CCC[C@@H]2c2cccc3c2OCCO3)cn1. The zero-order valence-corrected chi connectivity index (χ0v) is 12.7. The van der Waals surface area contributed by atoms with Gasteiger partial charge in [-0.05, 0) is 31.0 Å². The average Bonchev–Trinajstić information content (AvgIpc) is 3.11. The van der Waals surface area contributed by atoms with Crippen LogP contribution in [0.5, 0.6) is 11.5 Å². The second-order valence-corrected chi connectivity index (χ2v) is 5.74. The Balaban J connectivity index is 1.69. The zero-order chi connectivity index (χ0) is 15.6. The van der Waals surface area contributed by atoms with Crippen molar-refractivity contribution in [1.82, 2.24) is 4.98 Å². The molecule has 0 amide bonds. The maximum Gasteiger partial charge on any atom is 0.166 e. The number of benzene rings is 1. The number of aromatic nitrogens is 1. The highest BCUT2D eigenvalue weighted by molar-refractivity contribution is 5.55. The molecule has 116 valence electrons. The minimum atomic E-state index is 0.251. The lowest BCUT2D eigenvalue weighted by atomic mass is 10.0. The van der Waals surface area contributed by atoms with Crippen LogP contribution in [0.2, 0.25) is 0 Å². The van der Waals surface area contributed by atoms with Gasteiger partial charge in [-0.15, -0.1) is 0 Å². The molecule has 0 N–H and O–H groups in total. The second kappa shape index (κ2) is 5.81. The van der Waals surface area contributed by atoms with Gasteiger partial charge in [-0.3, -0.25) is 0 Å². The number of ether oxygens (including phenoxy) is 2. The largest absolute Gasteiger partial charge is 0.486 e. The topological polar surface area (TPSA) is 58.4 Å². The summed E-state index contributed by atoms with van der Waals surface area (Å²) in [6.45, 7) is 2.17. The monoisotopic (exact) mass is 307 g/mol. The van der Waals surface area contributed by atoms with Crippen LogP contribution in [0.15, 0.2) is 36.5 Å². The fraction of sp³-hybridized carbons (Fsp3) is 0.333. The van der Waals surface area contributed by atoms with Gasteiger partial charge in [0.2, 0.25) is 0 Å². The van der Waals surface area contributed by atoms with Crippen molar-refractivity contribution in [3.63, 3.8) is 0 Å². The van der Waals surface area contributed by atoms with Gasteiger partial charge in [-0.25, -0.2) is 4.98 Å². The maximum absolute atomic E-state index is 8.90. The molecule has 4 rings (SSSR count). The van der Waals surface area contributed by atoms with Crippen molar-refractivity contribution in [1.29, 1.82) is 5.26 Å². The van der Waals surface area contributed by atoms with Crippen LogP contribution in [0.3, 0.4) is 0 Å². The lowest BCUT2D eigenvalue weighted by Gasteiger charge is -2.30. The number of rotatable bonds is 2. The number of anilines is 1. The minimum Gasteiger partial charge on any atom is -0.486 e. The number of fused-ring (bicyclic) bond motifs is 1. The smallest absolute Gasteiger partial charge is 0.166 e. The molecule has 0 bridgehead atoms. The van der Waals surface area contributed by atoms with Crippen molar-refractivity contribution in [2.24, 2.45) is 0 Å². The lowest BCUT2D eigenvalue weighted by molar-refractivity contribution is 0.169. The van der Waals surface area contributed by atoms with Crippen LogP contribution in [-0.2, 0) is 0 Å². The number of hydrogen-bond donors (Lipinski definition) is 0. The van der Waals surface area contributed by atoms with Crippen LogP contribution in [-0.4, -0.2) is 24.7 Å². The first-order chi connectivity index (χ1) is 11.4. The molecule has 1 aromatic heterocycles. The van der Waals surface area contributed by atoms with Crippen molar-refractivity contribution < 1.29 is 9.47 Å². The van der Waals surface area contributed by atoms with Crippen LogP contribution >= 0.6 is 0 Å². The number of nitrogens with zero attached hydrogens (tertiary/aromatic N) is 3. The Labute approximate surface area is 135 Å². The van der Waals surface area contributed by atoms with Crippen molar-refractivity contribution in [3.8, 4) is 17.6 Å². The van der Waals surface area contributed by atoms with Crippen molar-refractivity contribution >= 4 is 5.69 Å². The van der Waals surface area contributed by atoms with Crippen molar-refractivity contribution in [2.45, 2.75) is 18.9 Å². The third-order valence-corrected chi connectivity index (χ3v) is 4.40. The van der Waals surface area contributed by atoms with E-state index in [2.05, 4.69) is 22.0 Å². The van der Waals surface area contributed by atoms with Crippen molar-refractivity contribution in [2.75, 3.05) is 24.7 Å². The van der Waals surface area contributed by atoms with Crippen LogP contribution in [0.25, 0.3) is 0 Å². The van der Waals surface area contributed by atoms with Gasteiger partial charge >= 0.3 is 0 Å². The molecule has 0 spiro atoms. The molecule has 5 heteroatoms. The van der Waals surface area contributed by atoms with Gasteiger partial charge in [0, 0.05) is 12.1 Å². The molecule has 2 aliphatic heterocycles. The first kappa shape index (κ1) is 13.9. The molecule has 1 fully saturated rings. The molecule has 1 aromatic carbocycles. The molecule has 3 heterocycles. The van der Waals surface area contributed by atoms with E-state index < -0.39 is 0 Å². The van der Waals surface area contributed by atoms with Gasteiger partial charge < -0.3 is 14.4 Å². The Hall–Kier alpha value is -2.74. The van der Waals surface area contributed by atoms with Gasteiger partial charge in [0.25, 0.3) is 0 Å². The predicted octanol–water partition coefficient (Wildman–Crippen LogP) is 3.07. The average molecular weight is 307 g/mol. The second-order valence-electron chi connectivity index (χ2n) is 5.74. The highest BCUT2D eigenvalue weighted by Gasteiger charge is 2.30. The molecule has 1 saturated heterocycles. The Bertz CT molecular complexity index is 752. The first-order valence-electron chi connectivity index (χ1n) is 7.88. The molecule has 0 aliphatic carbocycles. The summed E-state index contributed by atoms with van der Waals surface area (Å²) in [6.07, 6.45) is 3.97. The Kier molecular flexibility index (Phi) is 3.51. The van der Waals surface area contributed by atoms with E-state index in [1.54, 1.807) is 12.3 Å². The quantitative estimate of drug-likeness (QED) is 0.853. The summed E-state index contributed by atoms with van der Waals surface area (Å²) in [4.78, 5) is 6.53. The first-order valence-corrected chi connectivity index (χ1v) is 7.88. The van der Waals surface area contributed by atoms with E-state index in [0.29, 0.717) is 18.9 Å². The molecule has 2 aliphatic rings. The third-order valence-electron chi connectivity index (χ3n) is 4.40. The van der Waals surface area contributed by atoms with E-state index in [1.165, 1.54) is 5.56 Å². The summed E-state index contributed by atoms with van der Waals surface area (Å²) >= 11 is 0. The summed E-state index contributed by atoms with van der Waals surface area (Å²) in [7, 11) is 0. The van der Waals surface area contributed by atoms with E-state index in [9.17, 15) is 0 Å². The lowest BCUT2D eigenvalue weighted by Crippen LogP contribution is -2.24. The summed E-state index contributed by atoms with van der Waals surface area (Å²) in [5.74, 6) is 1.70. The molecule has 23 heavy (non-hydrogen) atoms. The highest BCUT2D eigenvalue weighted by atomic mass is 16.6. The Morgan fingerprint density at radius 3 is 2.91 bits per heavy atom. The summed E-state index contributed by atoms with van der Waals surface area (Å²) in [5, 5.41) is 8.90. The van der Waals surface area contributed by atoms with Gasteiger partial charge in [0.15, 0.2) is 11.5 Å². The van der Waals surface area contributed by atoms with Gasteiger partial charge in [-0.2, -0.15) is 5.26 Å². The zero-order valence-electron chi connectivity index (χ0n) is 12.7. The summed E-state index contributed by atoms with van der Waals surface area (Å²) in [6, 6.07) is 12.2. The van der Waals surface area contributed by atoms with Gasteiger partial charge in [0.05, 0.1) is 17.9 Å². The highest BCUT2D eigenvalue weighted by Crippen LogP contribution is 2.44. The summed E-state index contributed by atoms with van der Waals surface area (Å²) < 4.78 is 11.6. The van der Waals surface area contributed by atoms with Gasteiger partial charge in [0.1, 0.15) is 25.0 Å². The van der Waals surface area contributed by atoms with E-state index >= 15 is 0 Å². The fourth-order valence-corrected chi connectivity index (χ4v) is 3.38. The number of pyridine rings is 1. The maximum atomic E-state index is 8.90. The number of nitriles is 1. The molecule has 0 saturated carbocycles. The number of para-hydroxylation sites is 1. The predicted molar refractivity (Wildman–Crippen MR) is 85.7 cm³/mol. The standard InChI is InChI=1S/C18H17N3O2/c19-11-13-6-7-14(12-20-13)21-8-2-4-16(21)15-3-1-5-17-18(15)23-10-9-22-17/h1,3,5-7,12,16H,2,4,8-10H2/t16-/m1/s1. The molecular weight excluding hydrogens is 290 g/mol. The minimum absolute atomic E-state index is 0.251. The fourth-order valence-electron chi connectivity index (χ4n) is 3.38. The van der Waals surface area contributed by atoms with Crippen LogP contribution in [0, 0.1) is 11.3 Å². The van der Waals surface area contributed by atoms with E-state index in [1.807, 2.05) is 18.2 Å². The third kappa shape index (κ3) is 2.46. The Morgan fingerprint density at radius 1 is 1.17 bits per heavy atom. The molecule has 2 aromatic rings. The molecule has 1 atom stereocenters. The van der Waals surface area contributed by atoms with Crippen molar-refractivity contribution in [3.05, 3.63) is 47.8 Å². The normalized spacial score (nSPS) is 19.4. The Morgan fingerprint density at radius 2 is 2.09 bits per heavy atom. The summed E-state index contributed by atoms with van der Waals surface area (Å²) in [5.41, 5.74) is 2.66. The van der Waals surface area contributed by atoms with E-state index in [4.69, 9.17) is 14.7 Å². The molecule has 0 unspecified atom stereocenters.